The van der Waals surface area contributed by atoms with Gasteiger partial charge in [-0.2, -0.15) is 0 Å². The van der Waals surface area contributed by atoms with Crippen LogP contribution >= 0.6 is 15.9 Å². The first kappa shape index (κ1) is 15.6. The fraction of sp³-hybridized carbons (Fsp3) is 0.550. The molecule has 1 fully saturated rings. The minimum Gasteiger partial charge on any atom is -0.317 e. The summed E-state index contributed by atoms with van der Waals surface area (Å²) in [7, 11) is 0. The summed E-state index contributed by atoms with van der Waals surface area (Å²) in [4.78, 5) is 5.31. The number of pyridine rings is 1. The Balaban J connectivity index is 1.80. The van der Waals surface area contributed by atoms with Crippen molar-refractivity contribution in [3.63, 3.8) is 0 Å². The van der Waals surface area contributed by atoms with Gasteiger partial charge >= 0.3 is 0 Å². The summed E-state index contributed by atoms with van der Waals surface area (Å²) < 4.78 is 0. The molecule has 2 nitrogen and oxygen atoms in total. The Labute approximate surface area is 147 Å². The molecule has 3 heteroatoms. The zero-order chi connectivity index (χ0) is 15.8. The molecule has 4 rings (SSSR count). The molecule has 23 heavy (non-hydrogen) atoms. The lowest BCUT2D eigenvalue weighted by Gasteiger charge is -2.37. The van der Waals surface area contributed by atoms with Gasteiger partial charge in [0.05, 0.1) is 0 Å². The molecule has 0 radical (unpaired) electrons. The van der Waals surface area contributed by atoms with Crippen molar-refractivity contribution in [3.05, 3.63) is 53.4 Å². The smallest absolute Gasteiger partial charge is 0.0486 e. The maximum Gasteiger partial charge on any atom is 0.0486 e. The molecule has 4 unspecified atom stereocenters. The lowest BCUT2D eigenvalue weighted by atomic mass is 9.69. The third-order valence-corrected chi connectivity index (χ3v) is 6.73. The van der Waals surface area contributed by atoms with Gasteiger partial charge in [-0.15, -0.1) is 0 Å². The molecule has 3 aliphatic rings. The van der Waals surface area contributed by atoms with E-state index in [4.69, 9.17) is 4.98 Å². The zero-order valence-electron chi connectivity index (χ0n) is 13.7. The highest BCUT2D eigenvalue weighted by molar-refractivity contribution is 9.09. The van der Waals surface area contributed by atoms with E-state index in [2.05, 4.69) is 58.5 Å². The summed E-state index contributed by atoms with van der Waals surface area (Å²) >= 11 is 3.96. The minimum atomic E-state index is 0.418. The van der Waals surface area contributed by atoms with E-state index < -0.39 is 0 Å². The van der Waals surface area contributed by atoms with Gasteiger partial charge in [0.25, 0.3) is 0 Å². The highest BCUT2D eigenvalue weighted by Gasteiger charge is 2.41. The number of fused-ring (bicyclic) bond motifs is 2. The highest BCUT2D eigenvalue weighted by Crippen LogP contribution is 2.51. The molecule has 4 atom stereocenters. The number of allylic oxidation sites excluding steroid dienone is 4. The molecular formula is C20H25BrN2. The summed E-state index contributed by atoms with van der Waals surface area (Å²) in [6.45, 7) is 4.53. The van der Waals surface area contributed by atoms with Crippen molar-refractivity contribution in [3.8, 4) is 0 Å². The molecule has 1 aromatic heterocycles. The van der Waals surface area contributed by atoms with Gasteiger partial charge in [-0.3, -0.25) is 4.98 Å². The molecule has 1 saturated heterocycles. The Hall–Kier alpha value is -0.930. The van der Waals surface area contributed by atoms with Crippen LogP contribution in [0.25, 0.3) is 0 Å². The highest BCUT2D eigenvalue weighted by atomic mass is 79.9. The number of nitrogens with zero attached hydrogens (tertiary/aromatic N) is 1. The van der Waals surface area contributed by atoms with Crippen LogP contribution in [0.2, 0.25) is 0 Å². The maximum absolute atomic E-state index is 4.89. The monoisotopic (exact) mass is 372 g/mol. The first-order valence-electron chi connectivity index (χ1n) is 8.90. The van der Waals surface area contributed by atoms with Crippen LogP contribution in [0, 0.1) is 17.8 Å². The average molecular weight is 373 g/mol. The van der Waals surface area contributed by atoms with Crippen molar-refractivity contribution in [2.45, 2.75) is 36.9 Å². The van der Waals surface area contributed by atoms with Crippen LogP contribution in [-0.4, -0.2) is 18.1 Å². The van der Waals surface area contributed by atoms with Gasteiger partial charge in [-0.05, 0) is 68.7 Å². The second-order valence-electron chi connectivity index (χ2n) is 7.31. The van der Waals surface area contributed by atoms with Crippen molar-refractivity contribution >= 4 is 15.9 Å². The van der Waals surface area contributed by atoms with Crippen LogP contribution < -0.4 is 5.32 Å². The van der Waals surface area contributed by atoms with E-state index in [1.165, 1.54) is 36.1 Å². The molecule has 1 N–H and O–H groups in total. The van der Waals surface area contributed by atoms with E-state index >= 15 is 0 Å². The van der Waals surface area contributed by atoms with Gasteiger partial charge in [0.15, 0.2) is 0 Å². The molecule has 0 amide bonds. The first-order chi connectivity index (χ1) is 11.2. The summed E-state index contributed by atoms with van der Waals surface area (Å²) in [5.74, 6) is 2.52. The molecule has 0 aromatic carbocycles. The fourth-order valence-corrected chi connectivity index (χ4v) is 5.60. The summed E-state index contributed by atoms with van der Waals surface area (Å²) in [5.41, 5.74) is 4.19. The second-order valence-corrected chi connectivity index (χ2v) is 8.41. The Morgan fingerprint density at radius 1 is 1.26 bits per heavy atom. The Morgan fingerprint density at radius 2 is 2.09 bits per heavy atom. The van der Waals surface area contributed by atoms with Gasteiger partial charge in [-0.1, -0.05) is 45.8 Å². The van der Waals surface area contributed by atoms with Crippen molar-refractivity contribution in [2.75, 3.05) is 13.1 Å². The summed E-state index contributed by atoms with van der Waals surface area (Å²) in [6, 6.07) is 4.38. The average Bonchev–Trinajstić information content (AvgIpc) is 2.70. The molecule has 0 spiro atoms. The summed E-state index contributed by atoms with van der Waals surface area (Å²) in [5, 5.41) is 3.52. The van der Waals surface area contributed by atoms with Crippen molar-refractivity contribution in [1.29, 1.82) is 0 Å². The number of hydrogen-bond acceptors (Lipinski definition) is 2. The number of aromatic nitrogens is 1. The minimum absolute atomic E-state index is 0.418. The van der Waals surface area contributed by atoms with Crippen molar-refractivity contribution < 1.29 is 0 Å². The maximum atomic E-state index is 4.89. The van der Waals surface area contributed by atoms with Crippen molar-refractivity contribution in [1.82, 2.24) is 10.3 Å². The SMILES string of the molecule is CC1=CC2CC(Br)c3cccnc3C(C3CCNCC3)C2C=C1. The normalized spacial score (nSPS) is 34.3. The van der Waals surface area contributed by atoms with Crippen LogP contribution in [-0.2, 0) is 0 Å². The molecular weight excluding hydrogens is 348 g/mol. The van der Waals surface area contributed by atoms with Gasteiger partial charge in [0.1, 0.15) is 0 Å². The number of nitrogens with one attached hydrogen (secondary N) is 1. The lowest BCUT2D eigenvalue weighted by molar-refractivity contribution is 0.243. The van der Waals surface area contributed by atoms with E-state index in [0.29, 0.717) is 22.6 Å². The molecule has 0 saturated carbocycles. The molecule has 0 bridgehead atoms. The number of rotatable bonds is 1. The van der Waals surface area contributed by atoms with Crippen LogP contribution in [0.5, 0.6) is 0 Å². The molecule has 1 aliphatic heterocycles. The van der Waals surface area contributed by atoms with Gasteiger partial charge in [0.2, 0.25) is 0 Å². The van der Waals surface area contributed by atoms with E-state index in [1.54, 1.807) is 0 Å². The van der Waals surface area contributed by atoms with Crippen LogP contribution in [0.3, 0.4) is 0 Å². The first-order valence-corrected chi connectivity index (χ1v) is 9.82. The number of hydrogen-bond donors (Lipinski definition) is 1. The van der Waals surface area contributed by atoms with Gasteiger partial charge < -0.3 is 5.32 Å². The largest absolute Gasteiger partial charge is 0.317 e. The third kappa shape index (κ3) is 2.94. The predicted molar refractivity (Wildman–Crippen MR) is 98.7 cm³/mol. The van der Waals surface area contributed by atoms with Crippen LogP contribution in [0.1, 0.15) is 48.2 Å². The van der Waals surface area contributed by atoms with Crippen molar-refractivity contribution in [2.24, 2.45) is 17.8 Å². The standard InChI is InChI=1S/C20H25BrN2/c1-13-4-5-16-15(11-13)12-18(21)17-3-2-8-23-20(17)19(16)14-6-9-22-10-7-14/h2-5,8,11,14-16,18-19,22H,6-7,9-10,12H2,1H3. The second kappa shape index (κ2) is 6.52. The zero-order valence-corrected chi connectivity index (χ0v) is 15.3. The number of halogens is 1. The predicted octanol–water partition coefficient (Wildman–Crippen LogP) is 4.75. The van der Waals surface area contributed by atoms with E-state index in [0.717, 1.165) is 19.0 Å². The van der Waals surface area contributed by atoms with E-state index in [9.17, 15) is 0 Å². The molecule has 122 valence electrons. The Kier molecular flexibility index (Phi) is 4.42. The van der Waals surface area contributed by atoms with E-state index in [1.807, 2.05) is 6.20 Å². The third-order valence-electron chi connectivity index (χ3n) is 5.86. The fourth-order valence-electron chi connectivity index (χ4n) is 4.78. The summed E-state index contributed by atoms with van der Waals surface area (Å²) in [6.07, 6.45) is 13.0. The molecule has 1 aromatic rings. The quantitative estimate of drug-likeness (QED) is 0.719. The topological polar surface area (TPSA) is 24.9 Å². The molecule has 2 aliphatic carbocycles. The Bertz CT molecular complexity index is 630. The molecule has 2 heterocycles. The van der Waals surface area contributed by atoms with E-state index in [-0.39, 0.29) is 0 Å². The van der Waals surface area contributed by atoms with Crippen LogP contribution in [0.4, 0.5) is 0 Å². The lowest BCUT2D eigenvalue weighted by Crippen LogP contribution is -2.35. The number of alkyl halides is 1. The van der Waals surface area contributed by atoms with Crippen LogP contribution in [0.15, 0.2) is 42.1 Å². The van der Waals surface area contributed by atoms with Gasteiger partial charge in [-0.25, -0.2) is 0 Å². The Morgan fingerprint density at radius 3 is 2.91 bits per heavy atom. The van der Waals surface area contributed by atoms with Gasteiger partial charge in [0, 0.05) is 22.6 Å². The number of piperidine rings is 1.